The fraction of sp³-hybridized carbons (Fsp3) is 0.458. The lowest BCUT2D eigenvalue weighted by Crippen LogP contribution is -2.42. The van der Waals surface area contributed by atoms with Gasteiger partial charge in [-0.15, -0.1) is 0 Å². The Kier molecular flexibility index (Phi) is 5.34. The maximum Gasteiger partial charge on any atom is 0.257 e. The first kappa shape index (κ1) is 19.4. The van der Waals surface area contributed by atoms with E-state index < -0.39 is 5.82 Å². The van der Waals surface area contributed by atoms with Gasteiger partial charge >= 0.3 is 0 Å². The number of carbonyl (C=O) groups is 1. The molecule has 30 heavy (non-hydrogen) atoms. The van der Waals surface area contributed by atoms with Crippen molar-refractivity contribution in [2.24, 2.45) is 0 Å². The number of amides is 1. The summed E-state index contributed by atoms with van der Waals surface area (Å²) in [7, 11) is 0. The third-order valence-electron chi connectivity index (χ3n) is 6.38. The molecule has 0 saturated carbocycles. The molecule has 1 amide bonds. The van der Waals surface area contributed by atoms with E-state index in [0.29, 0.717) is 31.3 Å². The van der Waals surface area contributed by atoms with Gasteiger partial charge in [-0.1, -0.05) is 12.1 Å². The normalized spacial score (nSPS) is 21.2. The highest BCUT2D eigenvalue weighted by Gasteiger charge is 2.32. The molecule has 158 valence electrons. The number of rotatable bonds is 4. The smallest absolute Gasteiger partial charge is 0.257 e. The van der Waals surface area contributed by atoms with Crippen LogP contribution in [-0.4, -0.2) is 61.1 Å². The van der Waals surface area contributed by atoms with Gasteiger partial charge in [0.25, 0.3) is 5.91 Å². The maximum absolute atomic E-state index is 15.0. The Morgan fingerprint density at radius 1 is 0.933 bits per heavy atom. The average Bonchev–Trinajstić information content (AvgIpc) is 3.45. The summed E-state index contributed by atoms with van der Waals surface area (Å²) >= 11 is 0. The Morgan fingerprint density at radius 2 is 1.67 bits per heavy atom. The molecule has 3 heterocycles. The van der Waals surface area contributed by atoms with Crippen LogP contribution in [0.1, 0.15) is 36.0 Å². The van der Waals surface area contributed by atoms with Crippen LogP contribution in [0.15, 0.2) is 36.4 Å². The molecule has 0 N–H and O–H groups in total. The Hall–Kier alpha value is -2.60. The van der Waals surface area contributed by atoms with Crippen LogP contribution in [0.5, 0.6) is 11.5 Å². The molecular weight excluding hydrogens is 383 g/mol. The molecule has 5 nitrogen and oxygen atoms in total. The van der Waals surface area contributed by atoms with Crippen molar-refractivity contribution in [3.05, 3.63) is 47.8 Å². The first-order valence-electron chi connectivity index (χ1n) is 10.9. The van der Waals surface area contributed by atoms with Crippen molar-refractivity contribution >= 4 is 5.91 Å². The number of carbonyl (C=O) groups excluding carboxylic acids is 1. The SMILES string of the molecule is O=C(c1ccc(-c2ccc3c(c2)OCCO3)cc1F)N1CCCC1CN1CCCC1. The highest BCUT2D eigenvalue weighted by Crippen LogP contribution is 2.35. The van der Waals surface area contributed by atoms with Crippen molar-refractivity contribution in [1.29, 1.82) is 0 Å². The van der Waals surface area contributed by atoms with E-state index in [0.717, 1.165) is 43.6 Å². The molecule has 2 saturated heterocycles. The lowest BCUT2D eigenvalue weighted by atomic mass is 10.0. The van der Waals surface area contributed by atoms with E-state index in [9.17, 15) is 9.18 Å². The standard InChI is InChI=1S/C24H27FN2O3/c25-21-14-17(18-6-8-22-23(15-18)30-13-12-29-22)5-7-20(21)24(28)27-11-3-4-19(27)16-26-9-1-2-10-26/h5-8,14-15,19H,1-4,9-13,16H2. The van der Waals surface area contributed by atoms with Gasteiger partial charge in [-0.25, -0.2) is 4.39 Å². The Labute approximate surface area is 176 Å². The number of hydrogen-bond donors (Lipinski definition) is 0. The number of fused-ring (bicyclic) bond motifs is 1. The van der Waals surface area contributed by atoms with Gasteiger partial charge in [-0.3, -0.25) is 4.79 Å². The molecule has 0 aliphatic carbocycles. The second kappa shape index (κ2) is 8.26. The molecule has 0 radical (unpaired) electrons. The van der Waals surface area contributed by atoms with Crippen molar-refractivity contribution in [1.82, 2.24) is 9.80 Å². The van der Waals surface area contributed by atoms with Gasteiger partial charge in [0, 0.05) is 19.1 Å². The van der Waals surface area contributed by atoms with Crippen molar-refractivity contribution in [2.45, 2.75) is 31.7 Å². The minimum atomic E-state index is -0.473. The number of likely N-dealkylation sites (tertiary alicyclic amines) is 2. The van der Waals surface area contributed by atoms with E-state index in [-0.39, 0.29) is 17.5 Å². The summed E-state index contributed by atoms with van der Waals surface area (Å²) in [6.45, 7) is 4.87. The average molecular weight is 410 g/mol. The third kappa shape index (κ3) is 3.76. The minimum Gasteiger partial charge on any atom is -0.486 e. The molecule has 2 aromatic carbocycles. The van der Waals surface area contributed by atoms with Crippen LogP contribution in [0.25, 0.3) is 11.1 Å². The molecule has 0 spiro atoms. The molecule has 2 fully saturated rings. The van der Waals surface area contributed by atoms with Gasteiger partial charge in [0.2, 0.25) is 0 Å². The van der Waals surface area contributed by atoms with Crippen LogP contribution in [0.4, 0.5) is 4.39 Å². The van der Waals surface area contributed by atoms with Crippen molar-refractivity contribution in [3.63, 3.8) is 0 Å². The summed E-state index contributed by atoms with van der Waals surface area (Å²) in [6, 6.07) is 10.7. The van der Waals surface area contributed by atoms with Crippen LogP contribution < -0.4 is 9.47 Å². The molecule has 6 heteroatoms. The van der Waals surface area contributed by atoms with E-state index >= 15 is 0 Å². The zero-order valence-corrected chi connectivity index (χ0v) is 17.1. The molecule has 5 rings (SSSR count). The van der Waals surface area contributed by atoms with Gasteiger partial charge in [0.1, 0.15) is 19.0 Å². The number of hydrogen-bond acceptors (Lipinski definition) is 4. The maximum atomic E-state index is 15.0. The van der Waals surface area contributed by atoms with Crippen molar-refractivity contribution in [2.75, 3.05) is 39.4 Å². The molecular formula is C24H27FN2O3. The van der Waals surface area contributed by atoms with E-state index in [1.165, 1.54) is 18.9 Å². The van der Waals surface area contributed by atoms with Crippen LogP contribution in [0.2, 0.25) is 0 Å². The van der Waals surface area contributed by atoms with E-state index in [2.05, 4.69) is 4.90 Å². The summed E-state index contributed by atoms with van der Waals surface area (Å²) in [4.78, 5) is 17.4. The molecule has 3 aliphatic rings. The van der Waals surface area contributed by atoms with Crippen molar-refractivity contribution < 1.29 is 18.7 Å². The highest BCUT2D eigenvalue weighted by atomic mass is 19.1. The Balaban J connectivity index is 1.34. The van der Waals surface area contributed by atoms with Gasteiger partial charge in [0.15, 0.2) is 11.5 Å². The quantitative estimate of drug-likeness (QED) is 0.765. The number of benzene rings is 2. The van der Waals surface area contributed by atoms with Gasteiger partial charge in [-0.2, -0.15) is 0 Å². The number of ether oxygens (including phenoxy) is 2. The lowest BCUT2D eigenvalue weighted by Gasteiger charge is -2.28. The van der Waals surface area contributed by atoms with Gasteiger partial charge in [0.05, 0.1) is 5.56 Å². The monoisotopic (exact) mass is 410 g/mol. The Bertz CT molecular complexity index is 942. The van der Waals surface area contributed by atoms with Crippen LogP contribution >= 0.6 is 0 Å². The first-order chi connectivity index (χ1) is 14.7. The van der Waals surface area contributed by atoms with E-state index in [4.69, 9.17) is 9.47 Å². The van der Waals surface area contributed by atoms with Gasteiger partial charge < -0.3 is 19.3 Å². The van der Waals surface area contributed by atoms with E-state index in [1.807, 2.05) is 29.2 Å². The Morgan fingerprint density at radius 3 is 2.47 bits per heavy atom. The van der Waals surface area contributed by atoms with Gasteiger partial charge in [-0.05, 0) is 74.2 Å². The molecule has 0 bridgehead atoms. The fourth-order valence-electron chi connectivity index (χ4n) is 4.80. The first-order valence-corrected chi connectivity index (χ1v) is 10.9. The highest BCUT2D eigenvalue weighted by molar-refractivity contribution is 5.95. The topological polar surface area (TPSA) is 42.0 Å². The number of halogens is 1. The summed E-state index contributed by atoms with van der Waals surface area (Å²) in [5.74, 6) is 0.707. The van der Waals surface area contributed by atoms with Crippen molar-refractivity contribution in [3.8, 4) is 22.6 Å². The van der Waals surface area contributed by atoms with Crippen LogP contribution in [0, 0.1) is 5.82 Å². The molecule has 1 unspecified atom stereocenters. The van der Waals surface area contributed by atoms with Crippen LogP contribution in [-0.2, 0) is 0 Å². The predicted molar refractivity (Wildman–Crippen MR) is 113 cm³/mol. The second-order valence-electron chi connectivity index (χ2n) is 8.36. The molecule has 2 aromatic rings. The molecule has 1 atom stereocenters. The largest absolute Gasteiger partial charge is 0.486 e. The fourth-order valence-corrected chi connectivity index (χ4v) is 4.80. The summed E-state index contributed by atoms with van der Waals surface area (Å²) in [5, 5.41) is 0. The summed E-state index contributed by atoms with van der Waals surface area (Å²) in [6.07, 6.45) is 4.45. The molecule has 0 aromatic heterocycles. The third-order valence-corrected chi connectivity index (χ3v) is 6.38. The summed E-state index contributed by atoms with van der Waals surface area (Å²) in [5.41, 5.74) is 1.71. The van der Waals surface area contributed by atoms with E-state index in [1.54, 1.807) is 6.07 Å². The minimum absolute atomic E-state index is 0.157. The lowest BCUT2D eigenvalue weighted by molar-refractivity contribution is 0.0704. The molecule has 3 aliphatic heterocycles. The predicted octanol–water partition coefficient (Wildman–Crippen LogP) is 3.96. The zero-order chi connectivity index (χ0) is 20.5. The second-order valence-corrected chi connectivity index (χ2v) is 8.36. The summed E-state index contributed by atoms with van der Waals surface area (Å²) < 4.78 is 26.2. The zero-order valence-electron chi connectivity index (χ0n) is 17.1. The number of nitrogens with zero attached hydrogens (tertiary/aromatic N) is 2. The van der Waals surface area contributed by atoms with Crippen LogP contribution in [0.3, 0.4) is 0 Å².